The van der Waals surface area contributed by atoms with E-state index in [2.05, 4.69) is 10.1 Å². The molecule has 0 spiro atoms. The molecule has 4 rings (SSSR count). The number of rotatable bonds is 4. The number of alkyl halides is 3. The van der Waals surface area contributed by atoms with E-state index in [0.717, 1.165) is 22.9 Å². The Bertz CT molecular complexity index is 1530. The molecule has 0 aliphatic carbocycles. The van der Waals surface area contributed by atoms with Gasteiger partial charge in [0.2, 0.25) is 0 Å². The Kier molecular flexibility index (Phi) is 5.52. The molecule has 0 aliphatic rings. The van der Waals surface area contributed by atoms with Crippen LogP contribution in [0.3, 0.4) is 0 Å². The Morgan fingerprint density at radius 2 is 1.73 bits per heavy atom. The largest absolute Gasteiger partial charge is 0.416 e. The number of fused-ring (bicyclic) bond motifs is 1. The van der Waals surface area contributed by atoms with Crippen molar-refractivity contribution in [2.24, 2.45) is 0 Å². The summed E-state index contributed by atoms with van der Waals surface area (Å²) in [4.78, 5) is 17.1. The number of nitrogens with zero attached hydrogens (tertiary/aromatic N) is 3. The Labute approximate surface area is 185 Å². The van der Waals surface area contributed by atoms with Gasteiger partial charge in [-0.25, -0.2) is 18.4 Å². The van der Waals surface area contributed by atoms with Gasteiger partial charge in [-0.3, -0.25) is 4.79 Å². The SMILES string of the molecule is CCS(=N)(=O)c1cc(-c2ccc(F)cc2)cnc1-n1ncc2ccc(C(F)(F)F)cc2c1=O. The van der Waals surface area contributed by atoms with E-state index in [0.29, 0.717) is 11.1 Å². The van der Waals surface area contributed by atoms with Gasteiger partial charge in [-0.15, -0.1) is 0 Å². The van der Waals surface area contributed by atoms with Crippen LogP contribution in [0.4, 0.5) is 17.6 Å². The molecule has 0 bridgehead atoms. The van der Waals surface area contributed by atoms with Crippen molar-refractivity contribution in [3.63, 3.8) is 0 Å². The van der Waals surface area contributed by atoms with Gasteiger partial charge in [-0.2, -0.15) is 23.0 Å². The minimum absolute atomic E-state index is 0.102. The van der Waals surface area contributed by atoms with E-state index in [4.69, 9.17) is 4.78 Å². The second-order valence-electron chi connectivity index (χ2n) is 7.18. The lowest BCUT2D eigenvalue weighted by molar-refractivity contribution is -0.137. The van der Waals surface area contributed by atoms with E-state index >= 15 is 0 Å². The van der Waals surface area contributed by atoms with Gasteiger partial charge in [-0.1, -0.05) is 25.1 Å². The topological polar surface area (TPSA) is 88.7 Å². The predicted octanol–water partition coefficient (Wildman–Crippen LogP) is 5.03. The molecular weight excluding hydrogens is 460 g/mol. The number of nitrogens with one attached hydrogen (secondary N) is 1. The van der Waals surface area contributed by atoms with E-state index < -0.39 is 32.8 Å². The summed E-state index contributed by atoms with van der Waals surface area (Å²) in [7, 11) is -3.43. The summed E-state index contributed by atoms with van der Waals surface area (Å²) in [5, 5.41) is 3.94. The third-order valence-corrected chi connectivity index (χ3v) is 6.91. The summed E-state index contributed by atoms with van der Waals surface area (Å²) in [5.74, 6) is -0.770. The number of halogens is 4. The first-order chi connectivity index (χ1) is 15.5. The highest BCUT2D eigenvalue weighted by atomic mass is 32.2. The van der Waals surface area contributed by atoms with E-state index in [9.17, 15) is 26.6 Å². The average molecular weight is 476 g/mol. The van der Waals surface area contributed by atoms with Crippen LogP contribution in [-0.2, 0) is 15.9 Å². The van der Waals surface area contributed by atoms with Gasteiger partial charge >= 0.3 is 6.18 Å². The highest BCUT2D eigenvalue weighted by Crippen LogP contribution is 2.31. The molecule has 11 heteroatoms. The maximum Gasteiger partial charge on any atom is 0.416 e. The van der Waals surface area contributed by atoms with Crippen molar-refractivity contribution < 1.29 is 21.8 Å². The zero-order valence-corrected chi connectivity index (χ0v) is 17.9. The molecule has 0 amide bonds. The van der Waals surface area contributed by atoms with Crippen LogP contribution in [0.2, 0.25) is 0 Å². The van der Waals surface area contributed by atoms with Gasteiger partial charge in [-0.05, 0) is 35.9 Å². The van der Waals surface area contributed by atoms with Crippen molar-refractivity contribution in [2.45, 2.75) is 18.0 Å². The summed E-state index contributed by atoms with van der Waals surface area (Å²) < 4.78 is 74.8. The molecule has 1 unspecified atom stereocenters. The Balaban J connectivity index is 1.97. The van der Waals surface area contributed by atoms with Crippen molar-refractivity contribution in [2.75, 3.05) is 5.75 Å². The van der Waals surface area contributed by atoms with Crippen molar-refractivity contribution >= 4 is 20.5 Å². The minimum atomic E-state index is -4.65. The summed E-state index contributed by atoms with van der Waals surface area (Å²) >= 11 is 0. The standard InChI is InChI=1S/C22H16F4N4O2S/c1-2-33(27,32)19-9-15(13-4-7-17(23)8-5-13)11-28-20(19)30-21(31)18-10-16(22(24,25)26)6-3-14(18)12-29-30/h3-12,27H,2H2,1H3. The van der Waals surface area contributed by atoms with Crippen molar-refractivity contribution in [3.05, 3.63) is 82.7 Å². The molecule has 0 saturated heterocycles. The molecule has 4 aromatic rings. The first kappa shape index (κ1) is 22.6. The van der Waals surface area contributed by atoms with Crippen LogP contribution >= 0.6 is 0 Å². The normalized spacial score (nSPS) is 13.7. The zero-order valence-electron chi connectivity index (χ0n) is 17.1. The molecular formula is C22H16F4N4O2S. The molecule has 0 radical (unpaired) electrons. The van der Waals surface area contributed by atoms with E-state index in [1.165, 1.54) is 49.6 Å². The van der Waals surface area contributed by atoms with Gasteiger partial charge in [0.15, 0.2) is 5.82 Å². The van der Waals surface area contributed by atoms with Crippen molar-refractivity contribution in [1.82, 2.24) is 14.8 Å². The second kappa shape index (κ2) is 8.07. The number of hydrogen-bond donors (Lipinski definition) is 1. The maximum atomic E-state index is 13.3. The van der Waals surface area contributed by atoms with Crippen LogP contribution in [0.5, 0.6) is 0 Å². The highest BCUT2D eigenvalue weighted by molar-refractivity contribution is 7.92. The lowest BCUT2D eigenvalue weighted by atomic mass is 10.1. The Morgan fingerprint density at radius 1 is 1.03 bits per heavy atom. The maximum absolute atomic E-state index is 13.3. The van der Waals surface area contributed by atoms with Crippen molar-refractivity contribution in [1.29, 1.82) is 4.78 Å². The number of hydrogen-bond acceptors (Lipinski definition) is 5. The van der Waals surface area contributed by atoms with Gasteiger partial charge in [0.1, 0.15) is 5.82 Å². The fraction of sp³-hybridized carbons (Fsp3) is 0.136. The van der Waals surface area contributed by atoms with E-state index in [1.807, 2.05) is 0 Å². The monoisotopic (exact) mass is 476 g/mol. The van der Waals surface area contributed by atoms with E-state index in [-0.39, 0.29) is 27.2 Å². The Morgan fingerprint density at radius 3 is 2.36 bits per heavy atom. The highest BCUT2D eigenvalue weighted by Gasteiger charge is 2.31. The lowest BCUT2D eigenvalue weighted by Gasteiger charge is -2.14. The van der Waals surface area contributed by atoms with Crippen molar-refractivity contribution in [3.8, 4) is 16.9 Å². The van der Waals surface area contributed by atoms with Gasteiger partial charge < -0.3 is 0 Å². The second-order valence-corrected chi connectivity index (χ2v) is 9.55. The molecule has 0 saturated carbocycles. The molecule has 33 heavy (non-hydrogen) atoms. The summed E-state index contributed by atoms with van der Waals surface area (Å²) in [6, 6.07) is 9.53. The molecule has 170 valence electrons. The zero-order chi connectivity index (χ0) is 24.0. The fourth-order valence-electron chi connectivity index (χ4n) is 3.26. The average Bonchev–Trinajstić information content (AvgIpc) is 2.79. The Hall–Kier alpha value is -3.60. The lowest BCUT2D eigenvalue weighted by Crippen LogP contribution is -2.24. The fourth-order valence-corrected chi connectivity index (χ4v) is 4.32. The molecule has 0 aliphatic heterocycles. The molecule has 2 heterocycles. The van der Waals surface area contributed by atoms with Crippen LogP contribution in [0.25, 0.3) is 27.7 Å². The summed E-state index contributed by atoms with van der Waals surface area (Å²) in [6.45, 7) is 1.52. The molecule has 2 aromatic carbocycles. The summed E-state index contributed by atoms with van der Waals surface area (Å²) in [6.07, 6.45) is -2.11. The van der Waals surface area contributed by atoms with Gasteiger partial charge in [0, 0.05) is 22.9 Å². The third-order valence-electron chi connectivity index (χ3n) is 5.09. The quantitative estimate of drug-likeness (QED) is 0.419. The number of aromatic nitrogens is 3. The third kappa shape index (κ3) is 4.23. The predicted molar refractivity (Wildman–Crippen MR) is 115 cm³/mol. The minimum Gasteiger partial charge on any atom is -0.267 e. The van der Waals surface area contributed by atoms with E-state index in [1.54, 1.807) is 0 Å². The first-order valence-electron chi connectivity index (χ1n) is 9.63. The number of benzene rings is 2. The summed E-state index contributed by atoms with van der Waals surface area (Å²) in [5.41, 5.74) is -0.928. The van der Waals surface area contributed by atoms with Crippen LogP contribution < -0.4 is 5.56 Å². The molecule has 6 nitrogen and oxygen atoms in total. The van der Waals surface area contributed by atoms with Crippen LogP contribution in [0, 0.1) is 10.6 Å². The molecule has 1 N–H and O–H groups in total. The van der Waals surface area contributed by atoms with Crippen LogP contribution in [0.1, 0.15) is 12.5 Å². The van der Waals surface area contributed by atoms with Gasteiger partial charge in [0.05, 0.1) is 31.8 Å². The first-order valence-corrected chi connectivity index (χ1v) is 11.4. The van der Waals surface area contributed by atoms with Gasteiger partial charge in [0.25, 0.3) is 5.56 Å². The molecule has 0 fully saturated rings. The number of pyridine rings is 1. The molecule has 2 aromatic heterocycles. The smallest absolute Gasteiger partial charge is 0.267 e. The van der Waals surface area contributed by atoms with Crippen LogP contribution in [0.15, 0.2) is 70.6 Å². The van der Waals surface area contributed by atoms with Crippen LogP contribution in [-0.4, -0.2) is 24.7 Å². The molecule has 1 atom stereocenters.